The Morgan fingerprint density at radius 1 is 1.19 bits per heavy atom. The quantitative estimate of drug-likeness (QED) is 0.903. The standard InChI is InChI=1S/C17H18FNO2/c1-2-3-11-19(13-7-5-4-6-8-13)17(21)15-10-9-14(20)12-16(15)18/h4-10,12,20H,2-3,11H2,1H3. The van der Waals surface area contributed by atoms with Gasteiger partial charge in [-0.3, -0.25) is 4.79 Å². The number of carbonyl (C=O) groups is 1. The maximum Gasteiger partial charge on any atom is 0.261 e. The number of para-hydroxylation sites is 1. The SMILES string of the molecule is CCCCN(C(=O)c1ccc(O)cc1F)c1ccccc1. The molecular weight excluding hydrogens is 269 g/mol. The zero-order valence-electron chi connectivity index (χ0n) is 11.9. The van der Waals surface area contributed by atoms with Gasteiger partial charge in [0.25, 0.3) is 5.91 Å². The van der Waals surface area contributed by atoms with Gasteiger partial charge in [0.1, 0.15) is 11.6 Å². The van der Waals surface area contributed by atoms with Crippen LogP contribution >= 0.6 is 0 Å². The number of aromatic hydroxyl groups is 1. The third-order valence-electron chi connectivity index (χ3n) is 3.23. The number of anilines is 1. The van der Waals surface area contributed by atoms with Gasteiger partial charge < -0.3 is 10.0 Å². The second-order valence-electron chi connectivity index (χ2n) is 4.81. The van der Waals surface area contributed by atoms with Crippen molar-refractivity contribution in [2.75, 3.05) is 11.4 Å². The molecule has 2 aromatic carbocycles. The number of unbranched alkanes of at least 4 members (excludes halogenated alkanes) is 1. The Hall–Kier alpha value is -2.36. The summed E-state index contributed by atoms with van der Waals surface area (Å²) < 4.78 is 13.9. The van der Waals surface area contributed by atoms with Gasteiger partial charge in [0.05, 0.1) is 5.56 Å². The van der Waals surface area contributed by atoms with E-state index in [4.69, 9.17) is 0 Å². The van der Waals surface area contributed by atoms with Gasteiger partial charge in [-0.25, -0.2) is 4.39 Å². The molecule has 0 aromatic heterocycles. The second kappa shape index (κ2) is 6.88. The molecule has 0 saturated heterocycles. The number of nitrogens with zero attached hydrogens (tertiary/aromatic N) is 1. The Kier molecular flexibility index (Phi) is 4.93. The molecule has 1 N–H and O–H groups in total. The van der Waals surface area contributed by atoms with Crippen LogP contribution in [0.2, 0.25) is 0 Å². The summed E-state index contributed by atoms with van der Waals surface area (Å²) in [5.74, 6) is -1.30. The fourth-order valence-electron chi connectivity index (χ4n) is 2.09. The zero-order chi connectivity index (χ0) is 15.2. The second-order valence-corrected chi connectivity index (χ2v) is 4.81. The number of hydrogen-bond acceptors (Lipinski definition) is 2. The zero-order valence-corrected chi connectivity index (χ0v) is 11.9. The largest absolute Gasteiger partial charge is 0.508 e. The highest BCUT2D eigenvalue weighted by molar-refractivity contribution is 6.06. The van der Waals surface area contributed by atoms with E-state index in [2.05, 4.69) is 0 Å². The summed E-state index contributed by atoms with van der Waals surface area (Å²) in [6, 6.07) is 12.8. The Morgan fingerprint density at radius 3 is 2.52 bits per heavy atom. The van der Waals surface area contributed by atoms with Gasteiger partial charge in [-0.2, -0.15) is 0 Å². The van der Waals surface area contributed by atoms with E-state index in [1.807, 2.05) is 37.3 Å². The highest BCUT2D eigenvalue weighted by Crippen LogP contribution is 2.21. The van der Waals surface area contributed by atoms with E-state index in [0.29, 0.717) is 6.54 Å². The number of amides is 1. The molecule has 2 rings (SSSR count). The minimum atomic E-state index is -0.711. The summed E-state index contributed by atoms with van der Waals surface area (Å²) in [5.41, 5.74) is 0.705. The number of rotatable bonds is 5. The third-order valence-corrected chi connectivity index (χ3v) is 3.23. The van der Waals surface area contributed by atoms with E-state index in [1.165, 1.54) is 12.1 Å². The number of carbonyl (C=O) groups excluding carboxylic acids is 1. The summed E-state index contributed by atoms with van der Waals surface area (Å²) in [6.45, 7) is 2.56. The minimum absolute atomic E-state index is 0.0345. The summed E-state index contributed by atoms with van der Waals surface area (Å²) in [6.07, 6.45) is 1.77. The number of halogens is 1. The van der Waals surface area contributed by atoms with Crippen molar-refractivity contribution in [1.29, 1.82) is 0 Å². The molecule has 0 aliphatic carbocycles. The van der Waals surface area contributed by atoms with Gasteiger partial charge >= 0.3 is 0 Å². The lowest BCUT2D eigenvalue weighted by molar-refractivity contribution is 0.0982. The monoisotopic (exact) mass is 287 g/mol. The average molecular weight is 287 g/mol. The van der Waals surface area contributed by atoms with E-state index < -0.39 is 11.7 Å². The summed E-state index contributed by atoms with van der Waals surface area (Å²) in [7, 11) is 0. The van der Waals surface area contributed by atoms with Gasteiger partial charge in [0, 0.05) is 18.3 Å². The fraction of sp³-hybridized carbons (Fsp3) is 0.235. The number of hydrogen-bond donors (Lipinski definition) is 1. The van der Waals surface area contributed by atoms with Crippen LogP contribution in [0.5, 0.6) is 5.75 Å². The predicted octanol–water partition coefficient (Wildman–Crippen LogP) is 3.98. The molecule has 110 valence electrons. The molecule has 0 fully saturated rings. The van der Waals surface area contributed by atoms with Gasteiger partial charge in [0.15, 0.2) is 0 Å². The van der Waals surface area contributed by atoms with Crippen molar-refractivity contribution in [2.24, 2.45) is 0 Å². The van der Waals surface area contributed by atoms with Crippen molar-refractivity contribution in [3.63, 3.8) is 0 Å². The molecule has 2 aromatic rings. The van der Waals surface area contributed by atoms with Gasteiger partial charge in [-0.15, -0.1) is 0 Å². The van der Waals surface area contributed by atoms with Crippen molar-refractivity contribution in [3.8, 4) is 5.75 Å². The van der Waals surface area contributed by atoms with Crippen LogP contribution in [-0.4, -0.2) is 17.6 Å². The molecule has 0 unspecified atom stereocenters. The van der Waals surface area contributed by atoms with Crippen molar-refractivity contribution in [1.82, 2.24) is 0 Å². The van der Waals surface area contributed by atoms with Crippen LogP contribution in [0.1, 0.15) is 30.1 Å². The first-order chi connectivity index (χ1) is 10.1. The molecule has 0 aliphatic heterocycles. The third kappa shape index (κ3) is 3.60. The maximum absolute atomic E-state index is 13.9. The van der Waals surface area contributed by atoms with Crippen molar-refractivity contribution in [2.45, 2.75) is 19.8 Å². The van der Waals surface area contributed by atoms with Gasteiger partial charge in [0.2, 0.25) is 0 Å². The van der Waals surface area contributed by atoms with Crippen LogP contribution in [0.4, 0.5) is 10.1 Å². The molecule has 0 heterocycles. The number of phenolic OH excluding ortho intramolecular Hbond substituents is 1. The van der Waals surface area contributed by atoms with Crippen LogP contribution in [0.3, 0.4) is 0 Å². The predicted molar refractivity (Wildman–Crippen MR) is 81.1 cm³/mol. The molecule has 1 amide bonds. The topological polar surface area (TPSA) is 40.5 Å². The fourth-order valence-corrected chi connectivity index (χ4v) is 2.09. The van der Waals surface area contributed by atoms with E-state index in [9.17, 15) is 14.3 Å². The molecule has 0 atom stereocenters. The molecule has 4 heteroatoms. The highest BCUT2D eigenvalue weighted by atomic mass is 19.1. The van der Waals surface area contributed by atoms with Crippen LogP contribution < -0.4 is 4.90 Å². The van der Waals surface area contributed by atoms with Crippen LogP contribution in [-0.2, 0) is 0 Å². The Balaban J connectivity index is 2.34. The smallest absolute Gasteiger partial charge is 0.261 e. The normalized spacial score (nSPS) is 10.4. The number of benzene rings is 2. The first-order valence-electron chi connectivity index (χ1n) is 6.99. The van der Waals surface area contributed by atoms with E-state index in [1.54, 1.807) is 4.90 Å². The first-order valence-corrected chi connectivity index (χ1v) is 6.99. The van der Waals surface area contributed by atoms with Crippen molar-refractivity contribution < 1.29 is 14.3 Å². The summed E-state index contributed by atoms with van der Waals surface area (Å²) >= 11 is 0. The lowest BCUT2D eigenvalue weighted by atomic mass is 10.1. The summed E-state index contributed by atoms with van der Waals surface area (Å²) in [5, 5.41) is 9.25. The number of phenols is 1. The molecule has 0 saturated carbocycles. The van der Waals surface area contributed by atoms with Gasteiger partial charge in [-0.1, -0.05) is 31.5 Å². The Bertz CT molecular complexity index is 613. The lowest BCUT2D eigenvalue weighted by Crippen LogP contribution is -2.32. The summed E-state index contributed by atoms with van der Waals surface area (Å²) in [4.78, 5) is 14.2. The Morgan fingerprint density at radius 2 is 1.90 bits per heavy atom. The van der Waals surface area contributed by atoms with E-state index in [-0.39, 0.29) is 11.3 Å². The van der Waals surface area contributed by atoms with E-state index in [0.717, 1.165) is 24.6 Å². The molecule has 3 nitrogen and oxygen atoms in total. The average Bonchev–Trinajstić information content (AvgIpc) is 2.48. The van der Waals surface area contributed by atoms with E-state index >= 15 is 0 Å². The molecular formula is C17H18FNO2. The van der Waals surface area contributed by atoms with Crippen LogP contribution in [0, 0.1) is 5.82 Å². The maximum atomic E-state index is 13.9. The Labute approximate surface area is 123 Å². The van der Waals surface area contributed by atoms with Gasteiger partial charge in [-0.05, 0) is 30.7 Å². The molecule has 0 aliphatic rings. The lowest BCUT2D eigenvalue weighted by Gasteiger charge is -2.23. The molecule has 0 radical (unpaired) electrons. The highest BCUT2D eigenvalue weighted by Gasteiger charge is 2.20. The van der Waals surface area contributed by atoms with Crippen LogP contribution in [0.15, 0.2) is 48.5 Å². The van der Waals surface area contributed by atoms with Crippen molar-refractivity contribution >= 4 is 11.6 Å². The molecule has 21 heavy (non-hydrogen) atoms. The van der Waals surface area contributed by atoms with Crippen molar-refractivity contribution in [3.05, 3.63) is 59.9 Å². The van der Waals surface area contributed by atoms with Crippen LogP contribution in [0.25, 0.3) is 0 Å². The minimum Gasteiger partial charge on any atom is -0.508 e. The first kappa shape index (κ1) is 15.0. The molecule has 0 spiro atoms. The molecule has 0 bridgehead atoms.